The standard InChI is InChI=1S/C6F13/c7-1(8)2(9,5(14,15)16)3(10,11)4(12,13)6(17,18)19. The first kappa shape index (κ1) is 18.1. The van der Waals surface area contributed by atoms with Crippen LogP contribution < -0.4 is 0 Å². The molecule has 1 unspecified atom stereocenters. The first-order valence-electron chi connectivity index (χ1n) is 3.71. The van der Waals surface area contributed by atoms with Gasteiger partial charge in [0.15, 0.2) is 0 Å². The van der Waals surface area contributed by atoms with Crippen LogP contribution in [0.2, 0.25) is 0 Å². The minimum atomic E-state index is -7.80. The van der Waals surface area contributed by atoms with E-state index in [1.54, 1.807) is 0 Å². The fraction of sp³-hybridized carbons (Fsp3) is 0.833. The molecule has 0 bridgehead atoms. The van der Waals surface area contributed by atoms with Gasteiger partial charge in [0.25, 0.3) is 0 Å². The van der Waals surface area contributed by atoms with Gasteiger partial charge < -0.3 is 0 Å². The zero-order chi connectivity index (χ0) is 16.1. The molecule has 0 aromatic carbocycles. The summed E-state index contributed by atoms with van der Waals surface area (Å²) in [7, 11) is 0. The fourth-order valence-electron chi connectivity index (χ4n) is 0.798. The van der Waals surface area contributed by atoms with Gasteiger partial charge in [-0.25, -0.2) is 4.39 Å². The molecule has 0 rings (SSSR count). The second kappa shape index (κ2) is 4.30. The van der Waals surface area contributed by atoms with E-state index >= 15 is 0 Å². The molecule has 1 atom stereocenters. The number of hydrogen-bond acceptors (Lipinski definition) is 0. The van der Waals surface area contributed by atoms with Crippen LogP contribution in [0.25, 0.3) is 0 Å². The molecule has 0 aliphatic rings. The summed E-state index contributed by atoms with van der Waals surface area (Å²) in [5.41, 5.74) is -7.45. The van der Waals surface area contributed by atoms with Crippen molar-refractivity contribution in [3.63, 3.8) is 0 Å². The largest absolute Gasteiger partial charge is 0.460 e. The van der Waals surface area contributed by atoms with E-state index in [-0.39, 0.29) is 0 Å². The molecule has 19 heavy (non-hydrogen) atoms. The van der Waals surface area contributed by atoms with Crippen molar-refractivity contribution in [1.82, 2.24) is 0 Å². The lowest BCUT2D eigenvalue weighted by Gasteiger charge is -2.37. The first-order chi connectivity index (χ1) is 7.94. The predicted molar refractivity (Wildman–Crippen MR) is 31.3 cm³/mol. The highest BCUT2D eigenvalue weighted by Crippen LogP contribution is 2.60. The third kappa shape index (κ3) is 2.30. The molecule has 0 aromatic heterocycles. The lowest BCUT2D eigenvalue weighted by molar-refractivity contribution is -0.414. The SMILES string of the molecule is F[C](F)C(F)(C(F)(F)F)C(F)(F)C(F)(F)C(F)(F)F. The van der Waals surface area contributed by atoms with E-state index in [2.05, 4.69) is 0 Å². The molecule has 1 radical (unpaired) electrons. The van der Waals surface area contributed by atoms with Gasteiger partial charge >= 0.3 is 36.3 Å². The first-order valence-corrected chi connectivity index (χ1v) is 3.71. The molecule has 115 valence electrons. The quantitative estimate of drug-likeness (QED) is 0.671. The van der Waals surface area contributed by atoms with E-state index in [1.165, 1.54) is 0 Å². The molecule has 0 fully saturated rings. The maximum absolute atomic E-state index is 12.6. The number of rotatable bonds is 3. The van der Waals surface area contributed by atoms with Gasteiger partial charge in [-0.05, 0) is 0 Å². The van der Waals surface area contributed by atoms with Crippen LogP contribution in [0.4, 0.5) is 57.1 Å². The Labute approximate surface area is 94.7 Å². The Morgan fingerprint density at radius 2 is 0.789 bits per heavy atom. The second-order valence-corrected chi connectivity index (χ2v) is 3.06. The topological polar surface area (TPSA) is 0 Å². The van der Waals surface area contributed by atoms with Crippen LogP contribution in [0.1, 0.15) is 0 Å². The predicted octanol–water partition coefficient (Wildman–Crippen LogP) is 4.52. The Bertz CT molecular complexity index is 321. The van der Waals surface area contributed by atoms with Crippen LogP contribution in [0.5, 0.6) is 0 Å². The van der Waals surface area contributed by atoms with Crippen molar-refractivity contribution in [2.24, 2.45) is 0 Å². The van der Waals surface area contributed by atoms with Gasteiger partial charge in [0.2, 0.25) is 0 Å². The van der Waals surface area contributed by atoms with Gasteiger partial charge in [0.1, 0.15) is 0 Å². The van der Waals surface area contributed by atoms with Crippen LogP contribution in [-0.2, 0) is 0 Å². The monoisotopic (exact) mass is 319 g/mol. The molecule has 0 N–H and O–H groups in total. The number of hydrogen-bond donors (Lipinski definition) is 0. The van der Waals surface area contributed by atoms with E-state index in [4.69, 9.17) is 0 Å². The third-order valence-corrected chi connectivity index (χ3v) is 1.83. The molecule has 0 heterocycles. The normalized spacial score (nSPS) is 18.6. The highest BCUT2D eigenvalue weighted by Gasteiger charge is 2.90. The lowest BCUT2D eigenvalue weighted by Crippen LogP contribution is -2.68. The summed E-state index contributed by atoms with van der Waals surface area (Å²) >= 11 is 0. The summed E-state index contributed by atoms with van der Waals surface area (Å²) in [5, 5.41) is 0. The van der Waals surface area contributed by atoms with Crippen molar-refractivity contribution in [1.29, 1.82) is 0 Å². The minimum Gasteiger partial charge on any atom is -0.219 e. The van der Waals surface area contributed by atoms with Gasteiger partial charge in [0.05, 0.1) is 0 Å². The van der Waals surface area contributed by atoms with Crippen molar-refractivity contribution >= 4 is 0 Å². The number of halogens is 13. The molecule has 0 spiro atoms. The van der Waals surface area contributed by atoms with Crippen molar-refractivity contribution < 1.29 is 57.1 Å². The smallest absolute Gasteiger partial charge is 0.219 e. The molecular weight excluding hydrogens is 319 g/mol. The van der Waals surface area contributed by atoms with Gasteiger partial charge in [0, 0.05) is 0 Å². The molecule has 0 saturated heterocycles. The fourth-order valence-corrected chi connectivity index (χ4v) is 0.798. The second-order valence-electron chi connectivity index (χ2n) is 3.06. The summed E-state index contributed by atoms with van der Waals surface area (Å²) in [4.78, 5) is 0. The number of alkyl halides is 11. The van der Waals surface area contributed by atoms with E-state index in [1.807, 2.05) is 0 Å². The average molecular weight is 319 g/mol. The third-order valence-electron chi connectivity index (χ3n) is 1.83. The van der Waals surface area contributed by atoms with Crippen molar-refractivity contribution in [3.8, 4) is 0 Å². The van der Waals surface area contributed by atoms with Crippen LogP contribution in [-0.4, -0.2) is 29.9 Å². The van der Waals surface area contributed by atoms with Crippen molar-refractivity contribution in [2.75, 3.05) is 0 Å². The van der Waals surface area contributed by atoms with E-state index in [0.29, 0.717) is 0 Å². The molecule has 0 aliphatic heterocycles. The summed E-state index contributed by atoms with van der Waals surface area (Å²) in [6.45, 7) is 0. The molecule has 0 aliphatic carbocycles. The van der Waals surface area contributed by atoms with Crippen LogP contribution in [0.15, 0.2) is 0 Å². The molecule has 0 amide bonds. The summed E-state index contributed by atoms with van der Waals surface area (Å²) < 4.78 is 155. The zero-order valence-corrected chi connectivity index (χ0v) is 7.91. The van der Waals surface area contributed by atoms with Gasteiger partial charge in [-0.1, -0.05) is 0 Å². The van der Waals surface area contributed by atoms with Crippen molar-refractivity contribution in [3.05, 3.63) is 6.43 Å². The molecule has 0 aromatic rings. The minimum absolute atomic E-state index is 4.98. The molecular formula is C6F13. The Kier molecular flexibility index (Phi) is 4.09. The lowest BCUT2D eigenvalue weighted by atomic mass is 9.91. The molecule has 0 saturated carbocycles. The van der Waals surface area contributed by atoms with Crippen LogP contribution in [0.3, 0.4) is 0 Å². The van der Waals surface area contributed by atoms with Gasteiger partial charge in [-0.15, -0.1) is 0 Å². The Hall–Kier alpha value is -0.910. The van der Waals surface area contributed by atoms with Gasteiger partial charge in [-0.2, -0.15) is 52.7 Å². The van der Waals surface area contributed by atoms with E-state index in [0.717, 1.165) is 0 Å². The maximum Gasteiger partial charge on any atom is 0.460 e. The van der Waals surface area contributed by atoms with E-state index < -0.39 is 36.3 Å². The van der Waals surface area contributed by atoms with Crippen molar-refractivity contribution in [2.45, 2.75) is 29.9 Å². The van der Waals surface area contributed by atoms with Gasteiger partial charge in [-0.3, -0.25) is 0 Å². The summed E-state index contributed by atoms with van der Waals surface area (Å²) in [6.07, 6.45) is -19.8. The van der Waals surface area contributed by atoms with Crippen LogP contribution in [0, 0.1) is 6.43 Å². The summed E-state index contributed by atoms with van der Waals surface area (Å²) in [5.74, 6) is -15.5. The average Bonchev–Trinajstić information content (AvgIpc) is 2.11. The maximum atomic E-state index is 12.6. The Morgan fingerprint density at radius 1 is 0.474 bits per heavy atom. The highest BCUT2D eigenvalue weighted by atomic mass is 19.4. The zero-order valence-electron chi connectivity index (χ0n) is 7.91. The Balaban J connectivity index is 6.13. The molecule has 0 nitrogen and oxygen atoms in total. The van der Waals surface area contributed by atoms with E-state index in [9.17, 15) is 57.1 Å². The highest BCUT2D eigenvalue weighted by molar-refractivity contribution is 5.15. The van der Waals surface area contributed by atoms with Crippen LogP contribution >= 0.6 is 0 Å². The Morgan fingerprint density at radius 3 is 0.947 bits per heavy atom. The summed E-state index contributed by atoms with van der Waals surface area (Å²) in [6, 6.07) is 0. The molecule has 13 heteroatoms.